The Morgan fingerprint density at radius 3 is 1.36 bits per heavy atom. The molecule has 4 rings (SSSR count). The zero-order chi connectivity index (χ0) is 19.3. The lowest BCUT2D eigenvalue weighted by molar-refractivity contribution is -0.104. The summed E-state index contributed by atoms with van der Waals surface area (Å²) in [5.41, 5.74) is 2.16. The molecule has 0 aliphatic carbocycles. The number of hydrogen-bond donors (Lipinski definition) is 0. The summed E-state index contributed by atoms with van der Waals surface area (Å²) in [6.07, 6.45) is -0.202. The molecule has 0 aromatic heterocycles. The van der Waals surface area contributed by atoms with Gasteiger partial charge in [0.05, 0.1) is 40.6 Å². The molecule has 2 aliphatic heterocycles. The molecule has 2 aliphatic rings. The molecule has 28 heavy (non-hydrogen) atoms. The monoisotopic (exact) mass is 386 g/mol. The highest BCUT2D eigenvalue weighted by molar-refractivity contribution is 5.27. The minimum atomic E-state index is -0.159. The molecule has 150 valence electrons. The van der Waals surface area contributed by atoms with Crippen molar-refractivity contribution in [3.63, 3.8) is 0 Å². The molecule has 2 saturated heterocycles. The van der Waals surface area contributed by atoms with E-state index >= 15 is 0 Å². The number of hydrogen-bond acceptors (Lipinski definition) is 6. The van der Waals surface area contributed by atoms with Crippen LogP contribution in [0.1, 0.15) is 11.1 Å². The first-order valence-electron chi connectivity index (χ1n) is 9.49. The van der Waals surface area contributed by atoms with E-state index in [0.29, 0.717) is 26.4 Å². The van der Waals surface area contributed by atoms with Gasteiger partial charge in [-0.2, -0.15) is 0 Å². The van der Waals surface area contributed by atoms with Crippen LogP contribution in [0.3, 0.4) is 0 Å². The van der Waals surface area contributed by atoms with Gasteiger partial charge < -0.3 is 28.4 Å². The summed E-state index contributed by atoms with van der Waals surface area (Å²) in [7, 11) is 3.32. The fourth-order valence-electron chi connectivity index (χ4n) is 3.15. The van der Waals surface area contributed by atoms with Crippen molar-refractivity contribution in [1.29, 1.82) is 0 Å². The fraction of sp³-hybridized carbons (Fsp3) is 0.455. The zero-order valence-corrected chi connectivity index (χ0v) is 16.2. The normalized spacial score (nSPS) is 22.4. The predicted octanol–water partition coefficient (Wildman–Crippen LogP) is 2.97. The summed E-state index contributed by atoms with van der Waals surface area (Å²) in [6.45, 7) is 2.37. The van der Waals surface area contributed by atoms with E-state index in [9.17, 15) is 0 Å². The van der Waals surface area contributed by atoms with Crippen LogP contribution >= 0.6 is 0 Å². The molecule has 6 heteroatoms. The predicted molar refractivity (Wildman–Crippen MR) is 103 cm³/mol. The fourth-order valence-corrected chi connectivity index (χ4v) is 3.15. The van der Waals surface area contributed by atoms with E-state index in [1.54, 1.807) is 14.2 Å². The zero-order valence-electron chi connectivity index (χ0n) is 16.2. The molecule has 0 bridgehead atoms. The third-order valence-corrected chi connectivity index (χ3v) is 4.98. The van der Waals surface area contributed by atoms with Crippen molar-refractivity contribution in [2.75, 3.05) is 27.4 Å². The first-order chi connectivity index (χ1) is 13.8. The van der Waals surface area contributed by atoms with Crippen molar-refractivity contribution in [2.45, 2.75) is 37.6 Å². The molecule has 2 heterocycles. The number of methoxy groups -OCH3 is 2. The van der Waals surface area contributed by atoms with Gasteiger partial charge in [-0.05, 0) is 35.4 Å². The molecule has 0 saturated carbocycles. The number of ether oxygens (including phenoxy) is 6. The summed E-state index contributed by atoms with van der Waals surface area (Å²) in [5.74, 6) is 1.66. The second kappa shape index (κ2) is 8.92. The Balaban J connectivity index is 1.37. The second-order valence-electron chi connectivity index (χ2n) is 6.99. The lowest BCUT2D eigenvalue weighted by Crippen LogP contribution is -2.40. The first-order valence-corrected chi connectivity index (χ1v) is 9.49. The number of benzene rings is 2. The summed E-state index contributed by atoms with van der Waals surface area (Å²) >= 11 is 0. The van der Waals surface area contributed by atoms with Crippen LogP contribution < -0.4 is 9.47 Å². The van der Waals surface area contributed by atoms with Gasteiger partial charge in [-0.3, -0.25) is 0 Å². The SMILES string of the molecule is COc1ccc(CO[C@@H]([C@H](OCc2ccc(OC)cc2)[C@@H]2CO2)[C@@H]2CO2)cc1. The molecule has 4 atom stereocenters. The van der Waals surface area contributed by atoms with Crippen molar-refractivity contribution >= 4 is 0 Å². The largest absolute Gasteiger partial charge is 0.497 e. The first kappa shape index (κ1) is 19.2. The van der Waals surface area contributed by atoms with Gasteiger partial charge in [-0.25, -0.2) is 0 Å². The lowest BCUT2D eigenvalue weighted by atomic mass is 10.1. The van der Waals surface area contributed by atoms with Gasteiger partial charge in [0.25, 0.3) is 0 Å². The van der Waals surface area contributed by atoms with Gasteiger partial charge in [0.1, 0.15) is 35.9 Å². The van der Waals surface area contributed by atoms with Gasteiger partial charge >= 0.3 is 0 Å². The molecule has 0 radical (unpaired) electrons. The van der Waals surface area contributed by atoms with Crippen LogP contribution in [0.15, 0.2) is 48.5 Å². The Kier molecular flexibility index (Phi) is 6.12. The van der Waals surface area contributed by atoms with Gasteiger partial charge in [0, 0.05) is 0 Å². The summed E-state index contributed by atoms with van der Waals surface area (Å²) in [4.78, 5) is 0. The minimum absolute atomic E-state index is 0.0586. The van der Waals surface area contributed by atoms with Crippen LogP contribution in [0.5, 0.6) is 11.5 Å². The molecular weight excluding hydrogens is 360 g/mol. The van der Waals surface area contributed by atoms with Crippen LogP contribution in [0.25, 0.3) is 0 Å². The van der Waals surface area contributed by atoms with E-state index in [1.165, 1.54) is 0 Å². The smallest absolute Gasteiger partial charge is 0.118 e. The maximum absolute atomic E-state index is 6.22. The van der Waals surface area contributed by atoms with E-state index in [-0.39, 0.29) is 24.4 Å². The summed E-state index contributed by atoms with van der Waals surface area (Å²) in [6, 6.07) is 15.8. The van der Waals surface area contributed by atoms with E-state index in [4.69, 9.17) is 28.4 Å². The van der Waals surface area contributed by atoms with Crippen molar-refractivity contribution in [3.8, 4) is 11.5 Å². The topological polar surface area (TPSA) is 62.0 Å². The van der Waals surface area contributed by atoms with E-state index < -0.39 is 0 Å². The Labute approximate surface area is 165 Å². The van der Waals surface area contributed by atoms with Crippen molar-refractivity contribution in [3.05, 3.63) is 59.7 Å². The van der Waals surface area contributed by atoms with Crippen LogP contribution in [0.4, 0.5) is 0 Å². The highest BCUT2D eigenvalue weighted by atomic mass is 16.6. The highest BCUT2D eigenvalue weighted by Crippen LogP contribution is 2.30. The molecule has 0 amide bonds. The molecule has 2 fully saturated rings. The van der Waals surface area contributed by atoms with Crippen molar-refractivity contribution in [1.82, 2.24) is 0 Å². The van der Waals surface area contributed by atoms with Crippen molar-refractivity contribution in [2.24, 2.45) is 0 Å². The minimum Gasteiger partial charge on any atom is -0.497 e. The van der Waals surface area contributed by atoms with E-state index in [2.05, 4.69) is 0 Å². The Bertz CT molecular complexity index is 671. The molecule has 2 aromatic carbocycles. The third kappa shape index (κ3) is 5.02. The maximum Gasteiger partial charge on any atom is 0.118 e. The maximum atomic E-state index is 6.22. The Morgan fingerprint density at radius 2 is 1.07 bits per heavy atom. The molecule has 2 aromatic rings. The van der Waals surface area contributed by atoms with Gasteiger partial charge in [-0.15, -0.1) is 0 Å². The van der Waals surface area contributed by atoms with Gasteiger partial charge in [0.15, 0.2) is 0 Å². The average molecular weight is 386 g/mol. The van der Waals surface area contributed by atoms with E-state index in [0.717, 1.165) is 22.6 Å². The van der Waals surface area contributed by atoms with Crippen LogP contribution in [-0.2, 0) is 32.2 Å². The standard InChI is InChI=1S/C22H26O6/c1-23-17-7-3-15(4-8-17)11-27-21(19-13-25-19)22(20-14-26-20)28-12-16-5-9-18(24-2)10-6-16/h3-10,19-22H,11-14H2,1-2H3/t19-,20-,21+,22+/m0/s1. The van der Waals surface area contributed by atoms with Crippen LogP contribution in [0, 0.1) is 0 Å². The average Bonchev–Trinajstić information content (AvgIpc) is 3.64. The Morgan fingerprint density at radius 1 is 0.714 bits per heavy atom. The van der Waals surface area contributed by atoms with Crippen LogP contribution in [0.2, 0.25) is 0 Å². The molecule has 0 unspecified atom stereocenters. The third-order valence-electron chi connectivity index (χ3n) is 4.98. The molecule has 0 N–H and O–H groups in total. The Hall–Kier alpha value is -2.12. The lowest BCUT2D eigenvalue weighted by Gasteiger charge is -2.25. The van der Waals surface area contributed by atoms with Gasteiger partial charge in [-0.1, -0.05) is 24.3 Å². The quantitative estimate of drug-likeness (QED) is 0.554. The molecule has 6 nitrogen and oxygen atoms in total. The summed E-state index contributed by atoms with van der Waals surface area (Å²) in [5, 5.41) is 0. The number of rotatable bonds is 11. The molecular formula is C22H26O6. The van der Waals surface area contributed by atoms with Crippen LogP contribution in [-0.4, -0.2) is 51.8 Å². The van der Waals surface area contributed by atoms with Crippen molar-refractivity contribution < 1.29 is 28.4 Å². The number of epoxide rings is 2. The second-order valence-corrected chi connectivity index (χ2v) is 6.99. The van der Waals surface area contributed by atoms with Gasteiger partial charge in [0.2, 0.25) is 0 Å². The summed E-state index contributed by atoms with van der Waals surface area (Å²) < 4.78 is 33.9. The molecule has 0 spiro atoms. The van der Waals surface area contributed by atoms with E-state index in [1.807, 2.05) is 48.5 Å². The highest BCUT2D eigenvalue weighted by Gasteiger charge is 2.47.